The molecule has 0 aromatic carbocycles. The molecule has 2 aromatic rings. The number of rotatable bonds is 7. The molecule has 31 heavy (non-hydrogen) atoms. The molecule has 4 atom stereocenters. The summed E-state index contributed by atoms with van der Waals surface area (Å²) in [5.74, 6) is 0.113. The average Bonchev–Trinajstić information content (AvgIpc) is 3.67. The number of halogens is 1. The number of aliphatic hydroxyl groups is 1. The molecule has 164 valence electrons. The molecule has 2 aliphatic carbocycles. The zero-order valence-electron chi connectivity index (χ0n) is 17.3. The van der Waals surface area contributed by atoms with Crippen LogP contribution in [0.4, 0.5) is 21.8 Å². The van der Waals surface area contributed by atoms with Gasteiger partial charge in [0.1, 0.15) is 0 Å². The number of hydrogen-bond donors (Lipinski definition) is 4. The van der Waals surface area contributed by atoms with E-state index in [0.717, 1.165) is 24.7 Å². The highest BCUT2D eigenvalue weighted by Gasteiger charge is 2.69. The molecular weight excluding hydrogens is 401 g/mol. The molecule has 10 heteroatoms. The summed E-state index contributed by atoms with van der Waals surface area (Å²) in [5.41, 5.74) is 7.17. The van der Waals surface area contributed by atoms with Crippen molar-refractivity contribution in [3.05, 3.63) is 36.0 Å². The lowest BCUT2D eigenvalue weighted by molar-refractivity contribution is -0.123. The molecule has 5 rings (SSSR count). The third-order valence-corrected chi connectivity index (χ3v) is 6.60. The lowest BCUT2D eigenvalue weighted by atomic mass is 10.1. The first-order valence-electron chi connectivity index (χ1n) is 10.6. The van der Waals surface area contributed by atoms with Crippen LogP contribution in [-0.4, -0.2) is 57.2 Å². The van der Waals surface area contributed by atoms with Gasteiger partial charge in [-0.2, -0.15) is 4.98 Å². The van der Waals surface area contributed by atoms with Crippen LogP contribution in [0.15, 0.2) is 24.5 Å². The number of aromatic nitrogens is 3. The maximum absolute atomic E-state index is 14.6. The zero-order chi connectivity index (χ0) is 21.8. The number of nitrogens with two attached hydrogens (primary N) is 1. The van der Waals surface area contributed by atoms with Gasteiger partial charge in [-0.25, -0.2) is 9.37 Å². The van der Waals surface area contributed by atoms with Gasteiger partial charge in [-0.1, -0.05) is 6.92 Å². The third-order valence-electron chi connectivity index (χ3n) is 6.60. The van der Waals surface area contributed by atoms with Crippen LogP contribution in [0.2, 0.25) is 0 Å². The van der Waals surface area contributed by atoms with Gasteiger partial charge in [0.2, 0.25) is 11.9 Å². The van der Waals surface area contributed by atoms with Crippen LogP contribution >= 0.6 is 0 Å². The summed E-state index contributed by atoms with van der Waals surface area (Å²) in [6, 6.07) is 3.52. The van der Waals surface area contributed by atoms with Crippen LogP contribution < -0.4 is 21.3 Å². The Bertz CT molecular complexity index is 1000. The SMILES string of the molecule is C[C@@H](CO)c1ccc(Nc2ncc(F)c(N3CC4[C@@H](N)[C@@]4(NC(=O)C4CC4)C3)n2)cn1. The third kappa shape index (κ3) is 3.59. The van der Waals surface area contributed by atoms with E-state index in [2.05, 4.69) is 25.6 Å². The molecule has 2 saturated carbocycles. The number of carbonyl (C=O) groups excluding carboxylic acids is 1. The molecular formula is C21H26FN7O2. The predicted molar refractivity (Wildman–Crippen MR) is 112 cm³/mol. The molecule has 1 saturated heterocycles. The summed E-state index contributed by atoms with van der Waals surface area (Å²) in [6.45, 7) is 2.87. The van der Waals surface area contributed by atoms with Crippen molar-refractivity contribution < 1.29 is 14.3 Å². The Balaban J connectivity index is 1.30. The second-order valence-electron chi connectivity index (χ2n) is 8.86. The number of piperidine rings is 1. The Labute approximate surface area is 179 Å². The van der Waals surface area contributed by atoms with Crippen LogP contribution in [0.5, 0.6) is 0 Å². The summed E-state index contributed by atoms with van der Waals surface area (Å²) in [7, 11) is 0. The Kier molecular flexibility index (Phi) is 4.78. The van der Waals surface area contributed by atoms with Crippen LogP contribution in [0.25, 0.3) is 0 Å². The van der Waals surface area contributed by atoms with Crippen molar-refractivity contribution >= 4 is 23.4 Å². The minimum absolute atomic E-state index is 0.0211. The van der Waals surface area contributed by atoms with E-state index in [1.54, 1.807) is 6.20 Å². The van der Waals surface area contributed by atoms with E-state index in [4.69, 9.17) is 5.73 Å². The van der Waals surface area contributed by atoms with Gasteiger partial charge in [0, 0.05) is 42.6 Å². The maximum Gasteiger partial charge on any atom is 0.229 e. The molecule has 1 aliphatic heterocycles. The molecule has 0 radical (unpaired) electrons. The number of carbonyl (C=O) groups is 1. The average molecular weight is 427 g/mol. The Morgan fingerprint density at radius 2 is 2.19 bits per heavy atom. The first kappa shape index (κ1) is 20.1. The lowest BCUT2D eigenvalue weighted by Gasteiger charge is -2.25. The van der Waals surface area contributed by atoms with Crippen molar-refractivity contribution in [2.75, 3.05) is 29.9 Å². The van der Waals surface area contributed by atoms with Gasteiger partial charge in [-0.15, -0.1) is 0 Å². The molecule has 1 unspecified atom stereocenters. The molecule has 3 fully saturated rings. The first-order valence-corrected chi connectivity index (χ1v) is 10.6. The summed E-state index contributed by atoms with van der Waals surface area (Å²) in [6.07, 6.45) is 4.62. The number of pyridine rings is 1. The van der Waals surface area contributed by atoms with Crippen molar-refractivity contribution in [3.8, 4) is 0 Å². The van der Waals surface area contributed by atoms with Gasteiger partial charge >= 0.3 is 0 Å². The minimum Gasteiger partial charge on any atom is -0.396 e. The Morgan fingerprint density at radius 1 is 1.39 bits per heavy atom. The van der Waals surface area contributed by atoms with Crippen molar-refractivity contribution in [2.45, 2.75) is 37.3 Å². The Morgan fingerprint density at radius 3 is 2.87 bits per heavy atom. The van der Waals surface area contributed by atoms with E-state index in [0.29, 0.717) is 18.8 Å². The van der Waals surface area contributed by atoms with Crippen molar-refractivity contribution in [2.24, 2.45) is 17.6 Å². The molecule has 3 aliphatic rings. The summed E-state index contributed by atoms with van der Waals surface area (Å²) >= 11 is 0. The van der Waals surface area contributed by atoms with Crippen LogP contribution in [0.1, 0.15) is 31.4 Å². The summed E-state index contributed by atoms with van der Waals surface area (Å²) < 4.78 is 14.6. The molecule has 1 amide bonds. The molecule has 3 heterocycles. The van der Waals surface area contributed by atoms with Crippen molar-refractivity contribution in [1.82, 2.24) is 20.3 Å². The van der Waals surface area contributed by atoms with Crippen LogP contribution in [0, 0.1) is 17.7 Å². The van der Waals surface area contributed by atoms with Gasteiger partial charge in [-0.05, 0) is 25.0 Å². The molecule has 5 N–H and O–H groups in total. The quantitative estimate of drug-likeness (QED) is 0.513. The Hall–Kier alpha value is -2.85. The smallest absolute Gasteiger partial charge is 0.229 e. The highest BCUT2D eigenvalue weighted by molar-refractivity contribution is 5.83. The fraction of sp³-hybridized carbons (Fsp3) is 0.524. The summed E-state index contributed by atoms with van der Waals surface area (Å²) in [4.78, 5) is 26.8. The normalized spacial score (nSPS) is 27.5. The number of nitrogens with zero attached hydrogens (tertiary/aromatic N) is 4. The van der Waals surface area contributed by atoms with Crippen molar-refractivity contribution in [1.29, 1.82) is 0 Å². The highest BCUT2D eigenvalue weighted by atomic mass is 19.1. The molecule has 0 bridgehead atoms. The van der Waals surface area contributed by atoms with Gasteiger partial charge in [0.25, 0.3) is 0 Å². The topological polar surface area (TPSA) is 129 Å². The second kappa shape index (κ2) is 7.38. The second-order valence-corrected chi connectivity index (χ2v) is 8.86. The minimum atomic E-state index is -0.519. The van der Waals surface area contributed by atoms with Crippen LogP contribution in [0.3, 0.4) is 0 Å². The number of aliphatic hydroxyl groups excluding tert-OH is 1. The largest absolute Gasteiger partial charge is 0.396 e. The van der Waals surface area contributed by atoms with E-state index >= 15 is 0 Å². The fourth-order valence-electron chi connectivity index (χ4n) is 4.35. The van der Waals surface area contributed by atoms with Gasteiger partial charge < -0.3 is 26.4 Å². The summed E-state index contributed by atoms with van der Waals surface area (Å²) in [5, 5.41) is 15.4. The number of hydrogen-bond acceptors (Lipinski definition) is 8. The predicted octanol–water partition coefficient (Wildman–Crippen LogP) is 0.892. The van der Waals surface area contributed by atoms with E-state index in [-0.39, 0.29) is 48.1 Å². The zero-order valence-corrected chi connectivity index (χ0v) is 17.3. The lowest BCUT2D eigenvalue weighted by Crippen LogP contribution is -2.48. The van der Waals surface area contributed by atoms with Gasteiger partial charge in [0.15, 0.2) is 11.6 Å². The monoisotopic (exact) mass is 427 g/mol. The maximum atomic E-state index is 14.6. The number of fused-ring (bicyclic) bond motifs is 1. The fourth-order valence-corrected chi connectivity index (χ4v) is 4.35. The van der Waals surface area contributed by atoms with Gasteiger partial charge in [0.05, 0.1) is 30.2 Å². The molecule has 9 nitrogen and oxygen atoms in total. The standard InChI is InChI=1S/C21H26FN7O2/c1-11(9-30)16-5-4-13(6-24-16)26-20-25-7-15(22)18(27-20)29-8-14-17(23)21(14,10-29)28-19(31)12-2-3-12/h4-7,11-12,14,17,30H,2-3,8-10,23H2,1H3,(H,28,31)(H,25,26,27)/t11-,14?,17+,21+/m0/s1. The van der Waals surface area contributed by atoms with Crippen molar-refractivity contribution in [3.63, 3.8) is 0 Å². The first-order chi connectivity index (χ1) is 14.9. The van der Waals surface area contributed by atoms with E-state index in [1.165, 1.54) is 0 Å². The van der Waals surface area contributed by atoms with E-state index in [1.807, 2.05) is 24.0 Å². The van der Waals surface area contributed by atoms with E-state index < -0.39 is 11.4 Å². The van der Waals surface area contributed by atoms with E-state index in [9.17, 15) is 14.3 Å². The molecule has 0 spiro atoms. The molecule has 2 aromatic heterocycles. The number of anilines is 3. The van der Waals surface area contributed by atoms with Crippen LogP contribution in [-0.2, 0) is 4.79 Å². The number of nitrogens with one attached hydrogen (secondary N) is 2. The number of amides is 1. The highest BCUT2D eigenvalue weighted by Crippen LogP contribution is 2.50. The van der Waals surface area contributed by atoms with Gasteiger partial charge in [-0.3, -0.25) is 9.78 Å².